The highest BCUT2D eigenvalue weighted by molar-refractivity contribution is 9.10. The van der Waals surface area contributed by atoms with Crippen LogP contribution in [-0.2, 0) is 12.8 Å². The number of nitrogens with two attached hydrogens (primary N) is 1. The number of aryl methyl sites for hydroxylation is 1. The van der Waals surface area contributed by atoms with Crippen molar-refractivity contribution in [1.29, 1.82) is 0 Å². The molecule has 2 N–H and O–H groups in total. The first-order chi connectivity index (χ1) is 10.1. The number of hydrogen-bond acceptors (Lipinski definition) is 2. The van der Waals surface area contributed by atoms with Crippen molar-refractivity contribution in [1.82, 2.24) is 0 Å². The highest BCUT2D eigenvalue weighted by Gasteiger charge is 2.13. The molecule has 1 unspecified atom stereocenters. The molecule has 2 aromatic carbocycles. The average molecular weight is 348 g/mol. The molecular weight excluding hydrogens is 326 g/mol. The van der Waals surface area contributed by atoms with Crippen molar-refractivity contribution in [3.63, 3.8) is 0 Å². The van der Waals surface area contributed by atoms with Crippen LogP contribution in [0.1, 0.15) is 16.7 Å². The SMILES string of the molecule is COc1ccc(Br)c(CC(CN)Cc2ccccc2C)c1. The number of halogens is 1. The van der Waals surface area contributed by atoms with Crippen LogP contribution < -0.4 is 10.5 Å². The Balaban J connectivity index is 2.14. The molecule has 0 fully saturated rings. The number of rotatable bonds is 6. The Bertz CT molecular complexity index is 598. The Kier molecular flexibility index (Phi) is 5.83. The van der Waals surface area contributed by atoms with Crippen LogP contribution in [-0.4, -0.2) is 13.7 Å². The zero-order chi connectivity index (χ0) is 15.2. The summed E-state index contributed by atoms with van der Waals surface area (Å²) in [6, 6.07) is 14.6. The smallest absolute Gasteiger partial charge is 0.119 e. The normalized spacial score (nSPS) is 12.2. The van der Waals surface area contributed by atoms with Gasteiger partial charge in [-0.1, -0.05) is 40.2 Å². The van der Waals surface area contributed by atoms with Gasteiger partial charge in [0.15, 0.2) is 0 Å². The van der Waals surface area contributed by atoms with E-state index in [9.17, 15) is 0 Å². The number of hydrogen-bond donors (Lipinski definition) is 1. The van der Waals surface area contributed by atoms with Crippen molar-refractivity contribution >= 4 is 15.9 Å². The zero-order valence-electron chi connectivity index (χ0n) is 12.6. The van der Waals surface area contributed by atoms with Gasteiger partial charge in [-0.3, -0.25) is 0 Å². The van der Waals surface area contributed by atoms with Crippen molar-refractivity contribution < 1.29 is 4.74 Å². The summed E-state index contributed by atoms with van der Waals surface area (Å²) < 4.78 is 6.43. The van der Waals surface area contributed by atoms with Crippen LogP contribution >= 0.6 is 15.9 Å². The standard InChI is InChI=1S/C18H22BrNO/c1-13-5-3-4-6-15(13)9-14(12-20)10-16-11-17(21-2)7-8-18(16)19/h3-8,11,14H,9-10,12,20H2,1-2H3. The molecule has 0 aliphatic carbocycles. The topological polar surface area (TPSA) is 35.2 Å². The minimum Gasteiger partial charge on any atom is -0.497 e. The molecule has 0 radical (unpaired) electrons. The van der Waals surface area contributed by atoms with Crippen molar-refractivity contribution in [3.05, 3.63) is 63.6 Å². The van der Waals surface area contributed by atoms with E-state index in [4.69, 9.17) is 10.5 Å². The molecule has 0 heterocycles. The van der Waals surface area contributed by atoms with E-state index in [-0.39, 0.29) is 0 Å². The molecule has 1 atom stereocenters. The van der Waals surface area contributed by atoms with Gasteiger partial charge in [-0.2, -0.15) is 0 Å². The molecule has 3 heteroatoms. The van der Waals surface area contributed by atoms with Gasteiger partial charge in [-0.25, -0.2) is 0 Å². The Morgan fingerprint density at radius 3 is 2.48 bits per heavy atom. The van der Waals surface area contributed by atoms with Crippen LogP contribution in [0.3, 0.4) is 0 Å². The molecule has 2 nitrogen and oxygen atoms in total. The van der Waals surface area contributed by atoms with Gasteiger partial charge in [-0.15, -0.1) is 0 Å². The molecule has 0 saturated carbocycles. The van der Waals surface area contributed by atoms with Gasteiger partial charge in [0.2, 0.25) is 0 Å². The number of ether oxygens (including phenoxy) is 1. The first-order valence-electron chi connectivity index (χ1n) is 7.21. The molecule has 2 aromatic rings. The number of methoxy groups -OCH3 is 1. The average Bonchev–Trinajstić information content (AvgIpc) is 2.50. The van der Waals surface area contributed by atoms with E-state index in [1.807, 2.05) is 12.1 Å². The molecule has 0 bridgehead atoms. The van der Waals surface area contributed by atoms with Crippen LogP contribution in [0.5, 0.6) is 5.75 Å². The van der Waals surface area contributed by atoms with E-state index in [2.05, 4.69) is 53.2 Å². The zero-order valence-corrected chi connectivity index (χ0v) is 14.2. The van der Waals surface area contributed by atoms with Crippen LogP contribution in [0.15, 0.2) is 46.9 Å². The van der Waals surface area contributed by atoms with Gasteiger partial charge in [0.1, 0.15) is 5.75 Å². The lowest BCUT2D eigenvalue weighted by Crippen LogP contribution is -2.20. The molecule has 2 rings (SSSR count). The summed E-state index contributed by atoms with van der Waals surface area (Å²) in [6.07, 6.45) is 1.95. The molecule has 0 aromatic heterocycles. The van der Waals surface area contributed by atoms with Gasteiger partial charge >= 0.3 is 0 Å². The minimum atomic E-state index is 0.425. The van der Waals surface area contributed by atoms with Crippen molar-refractivity contribution in [2.45, 2.75) is 19.8 Å². The van der Waals surface area contributed by atoms with Crippen molar-refractivity contribution in [2.24, 2.45) is 11.7 Å². The monoisotopic (exact) mass is 347 g/mol. The van der Waals surface area contributed by atoms with Crippen LogP contribution in [0.25, 0.3) is 0 Å². The first kappa shape index (κ1) is 16.1. The van der Waals surface area contributed by atoms with Crippen LogP contribution in [0.4, 0.5) is 0 Å². The van der Waals surface area contributed by atoms with E-state index < -0.39 is 0 Å². The third-order valence-corrected chi connectivity index (χ3v) is 4.64. The molecule has 0 spiro atoms. The highest BCUT2D eigenvalue weighted by atomic mass is 79.9. The third-order valence-electron chi connectivity index (χ3n) is 3.86. The van der Waals surface area contributed by atoms with Crippen molar-refractivity contribution in [3.8, 4) is 5.75 Å². The summed E-state index contributed by atoms with van der Waals surface area (Å²) in [7, 11) is 1.70. The van der Waals surface area contributed by atoms with E-state index in [0.29, 0.717) is 12.5 Å². The quantitative estimate of drug-likeness (QED) is 0.852. The summed E-state index contributed by atoms with van der Waals surface area (Å²) in [6.45, 7) is 2.84. The second-order valence-corrected chi connectivity index (χ2v) is 6.25. The predicted octanol–water partition coefficient (Wildman–Crippen LogP) is 4.13. The molecule has 0 aliphatic rings. The summed E-state index contributed by atoms with van der Waals surface area (Å²) in [4.78, 5) is 0. The fraction of sp³-hybridized carbons (Fsp3) is 0.333. The first-order valence-corrected chi connectivity index (χ1v) is 8.00. The van der Waals surface area contributed by atoms with E-state index in [1.54, 1.807) is 7.11 Å². The minimum absolute atomic E-state index is 0.425. The van der Waals surface area contributed by atoms with Gasteiger partial charge in [0, 0.05) is 4.47 Å². The Labute approximate surface area is 135 Å². The highest BCUT2D eigenvalue weighted by Crippen LogP contribution is 2.26. The lowest BCUT2D eigenvalue weighted by atomic mass is 9.91. The maximum Gasteiger partial charge on any atom is 0.119 e. The lowest BCUT2D eigenvalue weighted by molar-refractivity contribution is 0.413. The van der Waals surface area contributed by atoms with E-state index in [1.165, 1.54) is 16.7 Å². The van der Waals surface area contributed by atoms with Gasteiger partial charge in [0.25, 0.3) is 0 Å². The molecule has 0 amide bonds. The number of benzene rings is 2. The molecule has 0 aliphatic heterocycles. The Morgan fingerprint density at radius 2 is 1.81 bits per heavy atom. The predicted molar refractivity (Wildman–Crippen MR) is 91.8 cm³/mol. The largest absolute Gasteiger partial charge is 0.497 e. The van der Waals surface area contributed by atoms with E-state index in [0.717, 1.165) is 23.1 Å². The second-order valence-electron chi connectivity index (χ2n) is 5.39. The van der Waals surface area contributed by atoms with Crippen LogP contribution in [0, 0.1) is 12.8 Å². The Morgan fingerprint density at radius 1 is 1.10 bits per heavy atom. The van der Waals surface area contributed by atoms with E-state index >= 15 is 0 Å². The van der Waals surface area contributed by atoms with Gasteiger partial charge in [-0.05, 0) is 67.1 Å². The molecule has 112 valence electrons. The van der Waals surface area contributed by atoms with Crippen LogP contribution in [0.2, 0.25) is 0 Å². The van der Waals surface area contributed by atoms with Crippen molar-refractivity contribution in [2.75, 3.05) is 13.7 Å². The summed E-state index contributed by atoms with van der Waals surface area (Å²) in [5.41, 5.74) is 9.96. The Hall–Kier alpha value is -1.32. The maximum atomic E-state index is 5.99. The second kappa shape index (κ2) is 7.62. The fourth-order valence-corrected chi connectivity index (χ4v) is 2.94. The molecule has 21 heavy (non-hydrogen) atoms. The summed E-state index contributed by atoms with van der Waals surface area (Å²) >= 11 is 3.62. The van der Waals surface area contributed by atoms with Gasteiger partial charge < -0.3 is 10.5 Å². The van der Waals surface area contributed by atoms with Gasteiger partial charge in [0.05, 0.1) is 7.11 Å². The molecular formula is C18H22BrNO. The summed E-state index contributed by atoms with van der Waals surface area (Å²) in [5.74, 6) is 1.31. The molecule has 0 saturated heterocycles. The summed E-state index contributed by atoms with van der Waals surface area (Å²) in [5, 5.41) is 0. The maximum absolute atomic E-state index is 5.99. The fourth-order valence-electron chi connectivity index (χ4n) is 2.53. The third kappa shape index (κ3) is 4.32. The lowest BCUT2D eigenvalue weighted by Gasteiger charge is -2.17.